The molecule has 0 aromatic rings. The Hall–Kier alpha value is -1.84. The third kappa shape index (κ3) is 0.744. The van der Waals surface area contributed by atoms with Crippen LogP contribution in [0.15, 0.2) is 35.5 Å². The van der Waals surface area contributed by atoms with E-state index in [9.17, 15) is 0 Å². The molecule has 13 heavy (non-hydrogen) atoms. The zero-order valence-corrected chi connectivity index (χ0v) is 6.87. The quantitative estimate of drug-likeness (QED) is 0.549. The van der Waals surface area contributed by atoms with Crippen LogP contribution in [-0.4, -0.2) is 12.2 Å². The van der Waals surface area contributed by atoms with Gasteiger partial charge in [-0.25, -0.2) is 0 Å². The minimum atomic E-state index is -0.419. The molecular weight excluding hydrogens is 164 g/mol. The Kier molecular flexibility index (Phi) is 1.39. The average Bonchev–Trinajstić information content (AvgIpc) is 2.63. The molecule has 1 fully saturated rings. The van der Waals surface area contributed by atoms with Gasteiger partial charge in [0, 0.05) is 0 Å². The second-order valence-electron chi connectivity index (χ2n) is 3.00. The molecule has 3 nitrogen and oxygen atoms in total. The summed E-state index contributed by atoms with van der Waals surface area (Å²) in [6.07, 6.45) is -0.839. The smallest absolute Gasteiger partial charge is 0.120 e. The number of hydrogen-bond acceptors (Lipinski definition) is 3. The summed E-state index contributed by atoms with van der Waals surface area (Å²) in [6.45, 7) is 7.53. The molecule has 0 unspecified atom stereocenters. The van der Waals surface area contributed by atoms with Crippen LogP contribution in [0.4, 0.5) is 0 Å². The number of nitriles is 2. The van der Waals surface area contributed by atoms with Gasteiger partial charge < -0.3 is 4.74 Å². The first-order chi connectivity index (χ1) is 6.20. The lowest BCUT2D eigenvalue weighted by Crippen LogP contribution is -2.11. The molecule has 2 bridgehead atoms. The lowest BCUT2D eigenvalue weighted by Gasteiger charge is -2.10. The summed E-state index contributed by atoms with van der Waals surface area (Å²) < 4.78 is 5.39. The fraction of sp³-hybridized carbons (Fsp3) is 0.200. The summed E-state index contributed by atoms with van der Waals surface area (Å²) >= 11 is 0. The molecule has 0 spiro atoms. The van der Waals surface area contributed by atoms with Gasteiger partial charge >= 0.3 is 0 Å². The lowest BCUT2D eigenvalue weighted by atomic mass is 9.87. The molecule has 3 heteroatoms. The molecular formula is C10H6N2O. The van der Waals surface area contributed by atoms with E-state index in [0.29, 0.717) is 11.1 Å². The van der Waals surface area contributed by atoms with E-state index in [2.05, 4.69) is 13.2 Å². The van der Waals surface area contributed by atoms with Crippen molar-refractivity contribution in [1.29, 1.82) is 10.5 Å². The Balaban J connectivity index is 2.60. The van der Waals surface area contributed by atoms with Gasteiger partial charge in [-0.2, -0.15) is 10.5 Å². The van der Waals surface area contributed by atoms with E-state index in [1.807, 2.05) is 12.1 Å². The number of rotatable bonds is 0. The Morgan fingerprint density at radius 2 is 1.38 bits per heavy atom. The first-order valence-electron chi connectivity index (χ1n) is 3.78. The van der Waals surface area contributed by atoms with Crippen LogP contribution in [0.3, 0.4) is 0 Å². The van der Waals surface area contributed by atoms with Crippen LogP contribution in [-0.2, 0) is 4.74 Å². The lowest BCUT2D eigenvalue weighted by molar-refractivity contribution is 0.133. The van der Waals surface area contributed by atoms with Gasteiger partial charge in [0.1, 0.15) is 12.2 Å². The third-order valence-corrected chi connectivity index (χ3v) is 2.37. The summed E-state index contributed by atoms with van der Waals surface area (Å²) in [6, 6.07) is 3.96. The molecule has 62 valence electrons. The minimum Gasteiger partial charge on any atom is -0.355 e. The van der Waals surface area contributed by atoms with Crippen LogP contribution in [0.1, 0.15) is 0 Å². The molecule has 0 aromatic heterocycles. The van der Waals surface area contributed by atoms with Gasteiger partial charge in [-0.05, 0) is 11.1 Å². The highest BCUT2D eigenvalue weighted by Gasteiger charge is 2.45. The molecule has 0 aliphatic carbocycles. The second kappa shape index (κ2) is 2.32. The van der Waals surface area contributed by atoms with Crippen molar-refractivity contribution in [2.45, 2.75) is 12.2 Å². The molecule has 0 saturated carbocycles. The maximum Gasteiger partial charge on any atom is 0.120 e. The molecule has 0 N–H and O–H groups in total. The van der Waals surface area contributed by atoms with Crippen LogP contribution in [0.2, 0.25) is 0 Å². The van der Waals surface area contributed by atoms with Crippen molar-refractivity contribution in [1.82, 2.24) is 0 Å². The van der Waals surface area contributed by atoms with Crippen molar-refractivity contribution in [3.63, 3.8) is 0 Å². The molecule has 0 radical (unpaired) electrons. The Morgan fingerprint density at radius 3 is 1.69 bits per heavy atom. The van der Waals surface area contributed by atoms with Crippen molar-refractivity contribution in [2.75, 3.05) is 0 Å². The molecule has 2 heterocycles. The maximum absolute atomic E-state index is 8.78. The van der Waals surface area contributed by atoms with Crippen molar-refractivity contribution < 1.29 is 4.74 Å². The van der Waals surface area contributed by atoms with Gasteiger partial charge in [-0.15, -0.1) is 0 Å². The van der Waals surface area contributed by atoms with Gasteiger partial charge in [-0.3, -0.25) is 0 Å². The van der Waals surface area contributed by atoms with Crippen LogP contribution in [0, 0.1) is 22.7 Å². The summed E-state index contributed by atoms with van der Waals surface area (Å²) in [5.74, 6) is 0. The fourth-order valence-electron chi connectivity index (χ4n) is 1.64. The highest BCUT2D eigenvalue weighted by Crippen LogP contribution is 2.44. The highest BCUT2D eigenvalue weighted by molar-refractivity contribution is 5.62. The Labute approximate surface area is 75.8 Å². The molecule has 0 amide bonds. The number of ether oxygens (including phenoxy) is 1. The summed E-state index contributed by atoms with van der Waals surface area (Å²) in [7, 11) is 0. The molecule has 2 aliphatic rings. The molecule has 2 atom stereocenters. The van der Waals surface area contributed by atoms with Crippen LogP contribution >= 0.6 is 0 Å². The van der Waals surface area contributed by atoms with Gasteiger partial charge in [0.05, 0.1) is 23.3 Å². The third-order valence-electron chi connectivity index (χ3n) is 2.37. The number of nitrogens with zero attached hydrogens (tertiary/aromatic N) is 2. The van der Waals surface area contributed by atoms with Crippen molar-refractivity contribution in [2.24, 2.45) is 0 Å². The van der Waals surface area contributed by atoms with E-state index in [-0.39, 0.29) is 0 Å². The van der Waals surface area contributed by atoms with E-state index in [1.165, 1.54) is 0 Å². The van der Waals surface area contributed by atoms with Crippen molar-refractivity contribution in [3.8, 4) is 12.1 Å². The molecule has 2 rings (SSSR count). The standard InChI is InChI=1S/C10H6N2O/c1-5-6(2)10-8(4-12)7(3-11)9(5)13-10/h9-10H,1-2H2/t9-,10+. The Bertz CT molecular complexity index is 391. The van der Waals surface area contributed by atoms with Gasteiger partial charge in [-0.1, -0.05) is 13.2 Å². The predicted molar refractivity (Wildman–Crippen MR) is 45.2 cm³/mol. The normalized spacial score (nSPS) is 30.6. The second-order valence-corrected chi connectivity index (χ2v) is 3.00. The van der Waals surface area contributed by atoms with E-state index in [4.69, 9.17) is 15.3 Å². The summed E-state index contributed by atoms with van der Waals surface area (Å²) in [4.78, 5) is 0. The average molecular weight is 170 g/mol. The van der Waals surface area contributed by atoms with E-state index >= 15 is 0 Å². The largest absolute Gasteiger partial charge is 0.355 e. The Morgan fingerprint density at radius 1 is 1.00 bits per heavy atom. The zero-order valence-electron chi connectivity index (χ0n) is 6.87. The van der Waals surface area contributed by atoms with Gasteiger partial charge in [0.15, 0.2) is 0 Å². The van der Waals surface area contributed by atoms with Crippen LogP contribution < -0.4 is 0 Å². The minimum absolute atomic E-state index is 0.393. The first kappa shape index (κ1) is 7.79. The van der Waals surface area contributed by atoms with Crippen LogP contribution in [0.5, 0.6) is 0 Å². The predicted octanol–water partition coefficient (Wildman–Crippen LogP) is 1.22. The van der Waals surface area contributed by atoms with E-state index < -0.39 is 12.2 Å². The molecule has 0 aromatic carbocycles. The van der Waals surface area contributed by atoms with Crippen LogP contribution in [0.25, 0.3) is 0 Å². The topological polar surface area (TPSA) is 56.8 Å². The van der Waals surface area contributed by atoms with Gasteiger partial charge in [0.2, 0.25) is 0 Å². The zero-order chi connectivity index (χ0) is 9.59. The van der Waals surface area contributed by atoms with Gasteiger partial charge in [0.25, 0.3) is 0 Å². The molecule has 2 aliphatic heterocycles. The van der Waals surface area contributed by atoms with E-state index in [1.54, 1.807) is 0 Å². The maximum atomic E-state index is 8.78. The van der Waals surface area contributed by atoms with Crippen molar-refractivity contribution >= 4 is 0 Å². The summed E-state index contributed by atoms with van der Waals surface area (Å²) in [5.41, 5.74) is 2.23. The summed E-state index contributed by atoms with van der Waals surface area (Å²) in [5, 5.41) is 17.6. The van der Waals surface area contributed by atoms with E-state index in [0.717, 1.165) is 11.1 Å². The monoisotopic (exact) mass is 170 g/mol. The SMILES string of the molecule is C=C1C(=C)[C@@H]2O[C@H]1C(C#N)=C2C#N. The highest BCUT2D eigenvalue weighted by atomic mass is 16.5. The fourth-order valence-corrected chi connectivity index (χ4v) is 1.64. The molecule has 1 saturated heterocycles. The number of hydrogen-bond donors (Lipinski definition) is 0. The number of fused-ring (bicyclic) bond motifs is 2. The van der Waals surface area contributed by atoms with Crippen molar-refractivity contribution in [3.05, 3.63) is 35.5 Å². The first-order valence-corrected chi connectivity index (χ1v) is 3.78.